The number of nitrogens with zero attached hydrogens (tertiary/aromatic N) is 1. The number of amides is 1. The van der Waals surface area contributed by atoms with Crippen LogP contribution in [0.4, 0.5) is 5.69 Å². The molecule has 2 aromatic rings. The average molecular weight is 227 g/mol. The summed E-state index contributed by atoms with van der Waals surface area (Å²) in [6, 6.07) is 8.39. The highest BCUT2D eigenvalue weighted by Crippen LogP contribution is 2.32. The second kappa shape index (κ2) is 3.57. The molecule has 0 saturated heterocycles. The zero-order chi connectivity index (χ0) is 11.0. The van der Waals surface area contributed by atoms with Crippen LogP contribution in [0.1, 0.15) is 11.3 Å². The molecule has 0 aliphatic carbocycles. The SMILES string of the molecule is O=C1Nc2c[c]ccc2C1=Cc1cscn1. The maximum absolute atomic E-state index is 11.7. The zero-order valence-electron chi connectivity index (χ0n) is 8.23. The molecule has 1 amide bonds. The first-order chi connectivity index (χ1) is 7.84. The van der Waals surface area contributed by atoms with Gasteiger partial charge in [0.15, 0.2) is 0 Å². The number of hydrogen-bond acceptors (Lipinski definition) is 3. The number of thiazole rings is 1. The van der Waals surface area contributed by atoms with Gasteiger partial charge in [0.1, 0.15) is 0 Å². The summed E-state index contributed by atoms with van der Waals surface area (Å²) in [4.78, 5) is 15.9. The van der Waals surface area contributed by atoms with Gasteiger partial charge in [0.2, 0.25) is 0 Å². The Kier molecular flexibility index (Phi) is 2.08. The normalized spacial score (nSPS) is 16.2. The van der Waals surface area contributed by atoms with Gasteiger partial charge in [0, 0.05) is 16.6 Å². The molecule has 1 aliphatic heterocycles. The number of hydrogen-bond donors (Lipinski definition) is 1. The summed E-state index contributed by atoms with van der Waals surface area (Å²) in [5.41, 5.74) is 4.95. The van der Waals surface area contributed by atoms with Crippen molar-refractivity contribution in [3.05, 3.63) is 46.4 Å². The molecule has 77 valence electrons. The van der Waals surface area contributed by atoms with E-state index >= 15 is 0 Å². The number of fused-ring (bicyclic) bond motifs is 1. The molecule has 3 nitrogen and oxygen atoms in total. The van der Waals surface area contributed by atoms with E-state index in [2.05, 4.69) is 16.4 Å². The molecule has 0 unspecified atom stereocenters. The van der Waals surface area contributed by atoms with Gasteiger partial charge >= 0.3 is 0 Å². The van der Waals surface area contributed by atoms with Crippen molar-refractivity contribution >= 4 is 34.6 Å². The Morgan fingerprint density at radius 3 is 3.25 bits per heavy atom. The second-order valence-electron chi connectivity index (χ2n) is 3.40. The van der Waals surface area contributed by atoms with Crippen LogP contribution in [-0.2, 0) is 4.79 Å². The van der Waals surface area contributed by atoms with Crippen molar-refractivity contribution in [3.8, 4) is 0 Å². The van der Waals surface area contributed by atoms with Crippen molar-refractivity contribution < 1.29 is 4.79 Å². The predicted octanol–water partition coefficient (Wildman–Crippen LogP) is 2.44. The maximum Gasteiger partial charge on any atom is 0.256 e. The van der Waals surface area contributed by atoms with Crippen molar-refractivity contribution in [3.63, 3.8) is 0 Å². The van der Waals surface area contributed by atoms with Crippen LogP contribution >= 0.6 is 11.3 Å². The Hall–Kier alpha value is -1.94. The Balaban J connectivity index is 2.12. The first kappa shape index (κ1) is 9.30. The standard InChI is InChI=1S/C12H7N2OS/c15-12-10(5-8-6-16-7-13-8)9-3-1-2-4-11(9)14-12/h1,3-7H,(H,14,15). The first-order valence-electron chi connectivity index (χ1n) is 4.76. The van der Waals surface area contributed by atoms with E-state index in [1.54, 1.807) is 23.7 Å². The van der Waals surface area contributed by atoms with Crippen LogP contribution in [0.15, 0.2) is 29.1 Å². The summed E-state index contributed by atoms with van der Waals surface area (Å²) < 4.78 is 0. The smallest absolute Gasteiger partial charge is 0.256 e. The second-order valence-corrected chi connectivity index (χ2v) is 4.12. The molecule has 1 aliphatic rings. The number of carbonyl (C=O) groups excluding carboxylic acids is 1. The lowest BCUT2D eigenvalue weighted by Gasteiger charge is -1.95. The van der Waals surface area contributed by atoms with Crippen molar-refractivity contribution in [1.82, 2.24) is 4.98 Å². The molecule has 0 bridgehead atoms. The molecule has 0 fully saturated rings. The van der Waals surface area contributed by atoms with Crippen LogP contribution in [-0.4, -0.2) is 10.9 Å². The van der Waals surface area contributed by atoms with Crippen LogP contribution in [0.5, 0.6) is 0 Å². The highest BCUT2D eigenvalue weighted by Gasteiger charge is 2.23. The molecule has 1 N–H and O–H groups in total. The number of aromatic nitrogens is 1. The Labute approximate surface area is 96.5 Å². The van der Waals surface area contributed by atoms with Gasteiger partial charge < -0.3 is 5.32 Å². The fourth-order valence-corrected chi connectivity index (χ4v) is 2.18. The number of rotatable bonds is 1. The molecule has 4 heteroatoms. The van der Waals surface area contributed by atoms with Crippen LogP contribution < -0.4 is 5.32 Å². The molecule has 3 rings (SSSR count). The van der Waals surface area contributed by atoms with Crippen molar-refractivity contribution in [1.29, 1.82) is 0 Å². The largest absolute Gasteiger partial charge is 0.321 e. The van der Waals surface area contributed by atoms with Crippen molar-refractivity contribution in [2.24, 2.45) is 0 Å². The molecule has 1 aromatic carbocycles. The molecule has 0 atom stereocenters. The summed E-state index contributed by atoms with van der Waals surface area (Å²) in [7, 11) is 0. The van der Waals surface area contributed by atoms with Crippen molar-refractivity contribution in [2.45, 2.75) is 0 Å². The lowest BCUT2D eigenvalue weighted by Crippen LogP contribution is -2.03. The van der Waals surface area contributed by atoms with Gasteiger partial charge in [-0.1, -0.05) is 12.1 Å². The van der Waals surface area contributed by atoms with E-state index in [0.717, 1.165) is 16.9 Å². The molecule has 0 spiro atoms. The van der Waals surface area contributed by atoms with E-state index in [0.29, 0.717) is 5.57 Å². The van der Waals surface area contributed by atoms with Gasteiger partial charge in [0.05, 0.1) is 16.8 Å². The summed E-state index contributed by atoms with van der Waals surface area (Å²) in [6.45, 7) is 0. The minimum absolute atomic E-state index is 0.0809. The predicted molar refractivity (Wildman–Crippen MR) is 63.9 cm³/mol. The monoisotopic (exact) mass is 227 g/mol. The average Bonchev–Trinajstić information content (AvgIpc) is 2.89. The minimum Gasteiger partial charge on any atom is -0.321 e. The summed E-state index contributed by atoms with van der Waals surface area (Å²) in [5.74, 6) is -0.0809. The highest BCUT2D eigenvalue weighted by atomic mass is 32.1. The number of nitrogens with one attached hydrogen (secondary N) is 1. The first-order valence-corrected chi connectivity index (χ1v) is 5.70. The molecule has 0 saturated carbocycles. The summed E-state index contributed by atoms with van der Waals surface area (Å²) >= 11 is 1.51. The van der Waals surface area contributed by atoms with Gasteiger partial charge in [-0.2, -0.15) is 0 Å². The Morgan fingerprint density at radius 2 is 2.44 bits per heavy atom. The maximum atomic E-state index is 11.7. The number of carbonyl (C=O) groups is 1. The molecule has 2 heterocycles. The third-order valence-electron chi connectivity index (χ3n) is 2.39. The van der Waals surface area contributed by atoms with Crippen LogP contribution in [0.2, 0.25) is 0 Å². The Bertz CT molecular complexity index is 572. The lowest BCUT2D eigenvalue weighted by atomic mass is 10.1. The topological polar surface area (TPSA) is 42.0 Å². The number of benzene rings is 1. The molecule has 16 heavy (non-hydrogen) atoms. The van der Waals surface area contributed by atoms with Gasteiger partial charge in [-0.25, -0.2) is 4.98 Å². The molecular formula is C12H7N2OS. The van der Waals surface area contributed by atoms with E-state index in [1.165, 1.54) is 11.3 Å². The summed E-state index contributed by atoms with van der Waals surface area (Å²) in [5, 5.41) is 4.71. The summed E-state index contributed by atoms with van der Waals surface area (Å²) in [6.07, 6.45) is 1.80. The van der Waals surface area contributed by atoms with Crippen molar-refractivity contribution in [2.75, 3.05) is 5.32 Å². The van der Waals surface area contributed by atoms with E-state index in [1.807, 2.05) is 11.4 Å². The van der Waals surface area contributed by atoms with Gasteiger partial charge in [0.25, 0.3) is 5.91 Å². The van der Waals surface area contributed by atoms with E-state index in [9.17, 15) is 4.79 Å². The van der Waals surface area contributed by atoms with Gasteiger partial charge in [-0.15, -0.1) is 11.3 Å². The number of anilines is 1. The fourth-order valence-electron chi connectivity index (χ4n) is 1.66. The quantitative estimate of drug-likeness (QED) is 0.760. The van der Waals surface area contributed by atoms with E-state index < -0.39 is 0 Å². The molecular weight excluding hydrogens is 220 g/mol. The van der Waals surface area contributed by atoms with Crippen LogP contribution in [0.25, 0.3) is 11.6 Å². The Morgan fingerprint density at radius 1 is 1.50 bits per heavy atom. The van der Waals surface area contributed by atoms with Crippen LogP contribution in [0.3, 0.4) is 0 Å². The third kappa shape index (κ3) is 1.44. The third-order valence-corrected chi connectivity index (χ3v) is 3.00. The van der Waals surface area contributed by atoms with Gasteiger partial charge in [-0.05, 0) is 18.2 Å². The molecule has 1 radical (unpaired) electrons. The lowest BCUT2D eigenvalue weighted by molar-refractivity contribution is -0.110. The fraction of sp³-hybridized carbons (Fsp3) is 0. The van der Waals surface area contributed by atoms with Crippen LogP contribution in [0, 0.1) is 6.07 Å². The molecule has 1 aromatic heterocycles. The zero-order valence-corrected chi connectivity index (χ0v) is 9.04. The van der Waals surface area contributed by atoms with E-state index in [4.69, 9.17) is 0 Å². The minimum atomic E-state index is -0.0809. The highest BCUT2D eigenvalue weighted by molar-refractivity contribution is 7.07. The van der Waals surface area contributed by atoms with E-state index in [-0.39, 0.29) is 5.91 Å². The van der Waals surface area contributed by atoms with Gasteiger partial charge in [-0.3, -0.25) is 4.79 Å².